The van der Waals surface area contributed by atoms with Gasteiger partial charge in [0.15, 0.2) is 11.6 Å². The average Bonchev–Trinajstić information content (AvgIpc) is 3.41. The highest BCUT2D eigenvalue weighted by atomic mass is 35.5. The van der Waals surface area contributed by atoms with Crippen LogP contribution >= 0.6 is 11.6 Å². The molecule has 40 heavy (non-hydrogen) atoms. The number of carbonyl (C=O) groups is 2. The van der Waals surface area contributed by atoms with Gasteiger partial charge in [0.05, 0.1) is 17.9 Å². The van der Waals surface area contributed by atoms with Crippen LogP contribution in [-0.2, 0) is 4.79 Å². The molecule has 11 heteroatoms. The first-order valence-electron chi connectivity index (χ1n) is 13.1. The number of likely N-dealkylation sites (tertiary alicyclic amines) is 1. The van der Waals surface area contributed by atoms with Gasteiger partial charge < -0.3 is 25.2 Å². The second kappa shape index (κ2) is 11.7. The van der Waals surface area contributed by atoms with Crippen molar-refractivity contribution in [2.75, 3.05) is 43.9 Å². The molecule has 2 aliphatic rings. The standard InChI is InChI=1S/C29H30ClF2N5O3/c1-35(29(39)40-25-4-2-3-23(31)27(25)32)24-17-37(16-22(24)18-5-7-20(30)8-6-18)28(38)19-11-13-36(14-12-19)26-10-9-21(33)15-34-26/h2-10,15,19,22,24H,11-14,16-17,33H2,1H3/t22-,24+/m0/s1. The highest BCUT2D eigenvalue weighted by Crippen LogP contribution is 2.34. The Kier molecular flexibility index (Phi) is 8.07. The van der Waals surface area contributed by atoms with Gasteiger partial charge >= 0.3 is 6.09 Å². The predicted molar refractivity (Wildman–Crippen MR) is 148 cm³/mol. The molecule has 2 aliphatic heterocycles. The van der Waals surface area contributed by atoms with E-state index in [2.05, 4.69) is 9.88 Å². The second-order valence-corrected chi connectivity index (χ2v) is 10.6. The molecule has 0 unspecified atom stereocenters. The molecular formula is C29H30ClF2N5O3. The Balaban J connectivity index is 1.29. The number of ether oxygens (including phenoxy) is 1. The quantitative estimate of drug-likeness (QED) is 0.468. The Morgan fingerprint density at radius 1 is 1.05 bits per heavy atom. The number of nitrogens with zero attached hydrogens (tertiary/aromatic N) is 4. The molecule has 0 saturated carbocycles. The van der Waals surface area contributed by atoms with Crippen molar-refractivity contribution in [1.29, 1.82) is 0 Å². The van der Waals surface area contributed by atoms with Crippen LogP contribution in [0.5, 0.6) is 5.75 Å². The molecule has 3 aromatic rings. The van der Waals surface area contributed by atoms with Crippen molar-refractivity contribution in [2.45, 2.75) is 24.8 Å². The van der Waals surface area contributed by atoms with Crippen molar-refractivity contribution in [3.05, 3.63) is 83.0 Å². The van der Waals surface area contributed by atoms with Crippen LogP contribution < -0.4 is 15.4 Å². The van der Waals surface area contributed by atoms with E-state index in [9.17, 15) is 18.4 Å². The molecule has 2 fully saturated rings. The number of pyridine rings is 1. The van der Waals surface area contributed by atoms with Crippen LogP contribution in [0.1, 0.15) is 24.3 Å². The van der Waals surface area contributed by atoms with E-state index in [4.69, 9.17) is 22.1 Å². The maximum atomic E-state index is 14.2. The van der Waals surface area contributed by atoms with Gasteiger partial charge in [-0.3, -0.25) is 4.79 Å². The Labute approximate surface area is 236 Å². The molecule has 3 heterocycles. The summed E-state index contributed by atoms with van der Waals surface area (Å²) in [6.45, 7) is 2.06. The zero-order valence-electron chi connectivity index (χ0n) is 22.0. The van der Waals surface area contributed by atoms with Gasteiger partial charge in [0.25, 0.3) is 0 Å². The highest BCUT2D eigenvalue weighted by molar-refractivity contribution is 6.30. The van der Waals surface area contributed by atoms with Crippen molar-refractivity contribution in [1.82, 2.24) is 14.8 Å². The van der Waals surface area contributed by atoms with Crippen LogP contribution in [0.25, 0.3) is 0 Å². The Morgan fingerprint density at radius 3 is 2.45 bits per heavy atom. The van der Waals surface area contributed by atoms with E-state index >= 15 is 0 Å². The summed E-state index contributed by atoms with van der Waals surface area (Å²) in [6.07, 6.45) is 2.13. The van der Waals surface area contributed by atoms with E-state index in [1.165, 1.54) is 17.0 Å². The molecule has 2 amide bonds. The summed E-state index contributed by atoms with van der Waals surface area (Å²) in [4.78, 5) is 36.4. The summed E-state index contributed by atoms with van der Waals surface area (Å²) in [5, 5.41) is 0.572. The van der Waals surface area contributed by atoms with Gasteiger partial charge in [0, 0.05) is 50.1 Å². The first-order chi connectivity index (χ1) is 19.2. The zero-order valence-corrected chi connectivity index (χ0v) is 22.7. The number of rotatable bonds is 5. The van der Waals surface area contributed by atoms with E-state index in [1.807, 2.05) is 24.3 Å². The number of hydrogen-bond donors (Lipinski definition) is 1. The summed E-state index contributed by atoms with van der Waals surface area (Å²) in [7, 11) is 1.54. The van der Waals surface area contributed by atoms with Gasteiger partial charge in [0.1, 0.15) is 5.82 Å². The van der Waals surface area contributed by atoms with Gasteiger partial charge in [-0.1, -0.05) is 29.8 Å². The van der Waals surface area contributed by atoms with Crippen LogP contribution in [0.15, 0.2) is 60.8 Å². The molecule has 2 aromatic carbocycles. The van der Waals surface area contributed by atoms with Gasteiger partial charge in [-0.15, -0.1) is 0 Å². The molecule has 210 valence electrons. The van der Waals surface area contributed by atoms with Crippen molar-refractivity contribution in [2.24, 2.45) is 5.92 Å². The molecule has 0 aliphatic carbocycles. The van der Waals surface area contributed by atoms with Gasteiger partial charge in [-0.05, 0) is 54.8 Å². The summed E-state index contributed by atoms with van der Waals surface area (Å²) >= 11 is 6.10. The number of carbonyl (C=O) groups excluding carboxylic acids is 2. The van der Waals surface area contributed by atoms with E-state index in [0.717, 1.165) is 17.4 Å². The molecule has 2 atom stereocenters. The average molecular weight is 570 g/mol. The molecule has 1 aromatic heterocycles. The van der Waals surface area contributed by atoms with Gasteiger partial charge in [0.2, 0.25) is 11.7 Å². The fourth-order valence-electron chi connectivity index (χ4n) is 5.46. The highest BCUT2D eigenvalue weighted by Gasteiger charge is 2.42. The summed E-state index contributed by atoms with van der Waals surface area (Å²) in [5.41, 5.74) is 7.26. The van der Waals surface area contributed by atoms with E-state index in [-0.39, 0.29) is 24.3 Å². The zero-order chi connectivity index (χ0) is 28.4. The predicted octanol–water partition coefficient (Wildman–Crippen LogP) is 4.94. The molecule has 2 saturated heterocycles. The number of anilines is 2. The number of nitrogen functional groups attached to an aromatic ring is 1. The third kappa shape index (κ3) is 5.82. The van der Waals surface area contributed by atoms with Crippen molar-refractivity contribution < 1.29 is 23.1 Å². The maximum Gasteiger partial charge on any atom is 0.415 e. The molecule has 0 radical (unpaired) electrons. The minimum atomic E-state index is -1.23. The van der Waals surface area contributed by atoms with Crippen molar-refractivity contribution in [3.8, 4) is 5.75 Å². The summed E-state index contributed by atoms with van der Waals surface area (Å²) in [5.74, 6) is -2.36. The van der Waals surface area contributed by atoms with Gasteiger partial charge in [-0.25, -0.2) is 14.2 Å². The fourth-order valence-corrected chi connectivity index (χ4v) is 5.59. The van der Waals surface area contributed by atoms with Crippen LogP contribution in [-0.4, -0.2) is 66.1 Å². The Morgan fingerprint density at radius 2 is 1.77 bits per heavy atom. The lowest BCUT2D eigenvalue weighted by Crippen LogP contribution is -2.45. The second-order valence-electron chi connectivity index (χ2n) is 10.2. The SMILES string of the molecule is CN(C(=O)Oc1cccc(F)c1F)[C@@H]1CN(C(=O)C2CCN(c3ccc(N)cn3)CC2)C[C@H]1c1ccc(Cl)cc1. The smallest absolute Gasteiger partial charge is 0.407 e. The van der Waals surface area contributed by atoms with Crippen molar-refractivity contribution >= 4 is 35.1 Å². The van der Waals surface area contributed by atoms with Crippen LogP contribution in [0.4, 0.5) is 25.1 Å². The first kappa shape index (κ1) is 27.6. The normalized spacial score (nSPS) is 19.5. The third-order valence-corrected chi connectivity index (χ3v) is 7.99. The molecule has 2 N–H and O–H groups in total. The van der Waals surface area contributed by atoms with Gasteiger partial charge in [-0.2, -0.15) is 4.39 Å². The summed E-state index contributed by atoms with van der Waals surface area (Å²) < 4.78 is 33.0. The number of piperidine rings is 1. The number of benzene rings is 2. The fraction of sp³-hybridized carbons (Fsp3) is 0.345. The minimum absolute atomic E-state index is 0.0318. The molecule has 0 spiro atoms. The molecule has 8 nitrogen and oxygen atoms in total. The first-order valence-corrected chi connectivity index (χ1v) is 13.5. The van der Waals surface area contributed by atoms with Crippen LogP contribution in [0.3, 0.4) is 0 Å². The number of aromatic nitrogens is 1. The molecule has 0 bridgehead atoms. The third-order valence-electron chi connectivity index (χ3n) is 7.74. The largest absolute Gasteiger partial charge is 0.415 e. The Hall–Kier alpha value is -3.92. The number of likely N-dealkylation sites (N-methyl/N-ethyl adjacent to an activating group) is 1. The minimum Gasteiger partial charge on any atom is -0.407 e. The maximum absolute atomic E-state index is 14.2. The number of amides is 2. The van der Waals surface area contributed by atoms with E-state index in [0.29, 0.717) is 43.2 Å². The summed E-state index contributed by atoms with van der Waals surface area (Å²) in [6, 6.07) is 13.9. The number of halogens is 3. The lowest BCUT2D eigenvalue weighted by molar-refractivity contribution is -0.135. The molecule has 5 rings (SSSR count). The van der Waals surface area contributed by atoms with E-state index < -0.39 is 29.5 Å². The van der Waals surface area contributed by atoms with Crippen LogP contribution in [0.2, 0.25) is 5.02 Å². The molecular weight excluding hydrogens is 540 g/mol. The topological polar surface area (TPSA) is 92.0 Å². The monoisotopic (exact) mass is 569 g/mol. The Bertz CT molecular complexity index is 1370. The lowest BCUT2D eigenvalue weighted by Gasteiger charge is -2.34. The lowest BCUT2D eigenvalue weighted by atomic mass is 9.93. The van der Waals surface area contributed by atoms with E-state index in [1.54, 1.807) is 30.3 Å². The van der Waals surface area contributed by atoms with Crippen LogP contribution in [0, 0.1) is 17.6 Å². The number of hydrogen-bond acceptors (Lipinski definition) is 6. The number of nitrogens with two attached hydrogens (primary N) is 1. The van der Waals surface area contributed by atoms with Crippen molar-refractivity contribution in [3.63, 3.8) is 0 Å².